The third kappa shape index (κ3) is 3.74. The molecule has 2 rings (SSSR count). The van der Waals surface area contributed by atoms with Gasteiger partial charge in [-0.15, -0.1) is 0 Å². The molecule has 0 saturated carbocycles. The molecule has 0 spiro atoms. The zero-order valence-electron chi connectivity index (χ0n) is 10.8. The van der Waals surface area contributed by atoms with Crippen molar-refractivity contribution in [3.05, 3.63) is 62.6 Å². The van der Waals surface area contributed by atoms with E-state index in [4.69, 9.17) is 22.1 Å². The van der Waals surface area contributed by atoms with Crippen molar-refractivity contribution in [2.45, 2.75) is 13.5 Å². The zero-order chi connectivity index (χ0) is 14.7. The first-order chi connectivity index (χ1) is 9.45. The fourth-order valence-electron chi connectivity index (χ4n) is 1.80. The number of nitrogen functional groups attached to an aromatic ring is 1. The summed E-state index contributed by atoms with van der Waals surface area (Å²) in [5.74, 6) is -0.417. The number of anilines is 1. The molecule has 5 heteroatoms. The minimum Gasteiger partial charge on any atom is -0.457 e. The number of halogens is 2. The number of nitrogens with two attached hydrogens (primary N) is 1. The molecular formula is C15H13BrClNO2. The molecule has 0 heterocycles. The number of carbonyl (C=O) groups excluding carboxylic acids is 1. The van der Waals surface area contributed by atoms with Crippen molar-refractivity contribution in [3.63, 3.8) is 0 Å². The zero-order valence-corrected chi connectivity index (χ0v) is 13.2. The van der Waals surface area contributed by atoms with Crippen molar-refractivity contribution in [3.8, 4) is 0 Å². The molecule has 0 saturated heterocycles. The largest absolute Gasteiger partial charge is 0.457 e. The number of benzene rings is 2. The maximum atomic E-state index is 12.0. The highest BCUT2D eigenvalue weighted by Gasteiger charge is 2.10. The van der Waals surface area contributed by atoms with E-state index in [1.807, 2.05) is 19.1 Å². The maximum Gasteiger partial charge on any atom is 0.338 e. The minimum absolute atomic E-state index is 0.124. The van der Waals surface area contributed by atoms with Gasteiger partial charge in [-0.2, -0.15) is 0 Å². The Hall–Kier alpha value is -1.52. The number of hydrogen-bond acceptors (Lipinski definition) is 3. The van der Waals surface area contributed by atoms with Crippen LogP contribution in [0.3, 0.4) is 0 Å². The van der Waals surface area contributed by atoms with Crippen molar-refractivity contribution >= 4 is 39.2 Å². The second-order valence-electron chi connectivity index (χ2n) is 4.44. The monoisotopic (exact) mass is 353 g/mol. The van der Waals surface area contributed by atoms with Crippen LogP contribution in [0.5, 0.6) is 0 Å². The van der Waals surface area contributed by atoms with Crippen LogP contribution >= 0.6 is 27.5 Å². The summed E-state index contributed by atoms with van der Waals surface area (Å²) >= 11 is 9.39. The average Bonchev–Trinajstić information content (AvgIpc) is 2.36. The Morgan fingerprint density at radius 2 is 2.05 bits per heavy atom. The Morgan fingerprint density at radius 1 is 1.30 bits per heavy atom. The highest BCUT2D eigenvalue weighted by Crippen LogP contribution is 2.22. The summed E-state index contributed by atoms with van der Waals surface area (Å²) in [6.07, 6.45) is 0. The van der Waals surface area contributed by atoms with Crippen LogP contribution in [0, 0.1) is 6.92 Å². The molecule has 0 fully saturated rings. The number of rotatable bonds is 3. The van der Waals surface area contributed by atoms with Crippen LogP contribution in [0.15, 0.2) is 40.9 Å². The van der Waals surface area contributed by atoms with Gasteiger partial charge in [0.05, 0.1) is 5.56 Å². The lowest BCUT2D eigenvalue weighted by atomic mass is 10.1. The highest BCUT2D eigenvalue weighted by atomic mass is 79.9. The predicted octanol–water partition coefficient (Wildman–Crippen LogP) is 4.35. The second-order valence-corrected chi connectivity index (χ2v) is 5.77. The van der Waals surface area contributed by atoms with E-state index in [9.17, 15) is 4.79 Å². The van der Waals surface area contributed by atoms with E-state index in [-0.39, 0.29) is 6.61 Å². The van der Waals surface area contributed by atoms with Gasteiger partial charge in [-0.25, -0.2) is 4.79 Å². The molecule has 0 aliphatic carbocycles. The lowest BCUT2D eigenvalue weighted by molar-refractivity contribution is 0.0473. The summed E-state index contributed by atoms with van der Waals surface area (Å²) in [5, 5.41) is 0.552. The molecule has 0 aromatic heterocycles. The lowest BCUT2D eigenvalue weighted by Crippen LogP contribution is -2.06. The molecule has 0 radical (unpaired) electrons. The van der Waals surface area contributed by atoms with Crippen LogP contribution in [0.2, 0.25) is 5.02 Å². The van der Waals surface area contributed by atoms with Crippen LogP contribution in [-0.4, -0.2) is 5.97 Å². The fraction of sp³-hybridized carbons (Fsp3) is 0.133. The fourth-order valence-corrected chi connectivity index (χ4v) is 2.52. The topological polar surface area (TPSA) is 52.3 Å². The molecule has 0 amide bonds. The number of hydrogen-bond donors (Lipinski definition) is 1. The first-order valence-corrected chi connectivity index (χ1v) is 7.11. The van der Waals surface area contributed by atoms with E-state index in [1.54, 1.807) is 24.3 Å². The quantitative estimate of drug-likeness (QED) is 0.658. The molecule has 2 aromatic rings. The van der Waals surface area contributed by atoms with E-state index in [1.165, 1.54) is 0 Å². The van der Waals surface area contributed by atoms with E-state index >= 15 is 0 Å². The van der Waals surface area contributed by atoms with Crippen LogP contribution < -0.4 is 5.73 Å². The first kappa shape index (κ1) is 14.9. The third-order valence-corrected chi connectivity index (χ3v) is 3.55. The maximum absolute atomic E-state index is 12.0. The normalized spacial score (nSPS) is 10.3. The third-order valence-electron chi connectivity index (χ3n) is 2.71. The van der Waals surface area contributed by atoms with Gasteiger partial charge in [0.1, 0.15) is 6.61 Å². The molecule has 0 aliphatic rings. The minimum atomic E-state index is -0.417. The second kappa shape index (κ2) is 6.29. The molecule has 20 heavy (non-hydrogen) atoms. The number of carbonyl (C=O) groups is 1. The van der Waals surface area contributed by atoms with Gasteiger partial charge in [-0.05, 0) is 42.8 Å². The van der Waals surface area contributed by atoms with Gasteiger partial charge in [-0.1, -0.05) is 33.6 Å². The van der Waals surface area contributed by atoms with E-state index in [2.05, 4.69) is 15.9 Å². The first-order valence-electron chi connectivity index (χ1n) is 5.94. The van der Waals surface area contributed by atoms with E-state index in [0.717, 1.165) is 15.6 Å². The van der Waals surface area contributed by atoms with E-state index < -0.39 is 5.97 Å². The summed E-state index contributed by atoms with van der Waals surface area (Å²) in [5.41, 5.74) is 8.36. The Morgan fingerprint density at radius 3 is 2.70 bits per heavy atom. The summed E-state index contributed by atoms with van der Waals surface area (Å²) in [6.45, 7) is 2.00. The predicted molar refractivity (Wildman–Crippen MR) is 83.9 cm³/mol. The SMILES string of the molecule is Cc1cc(N)cc(C(=O)OCc2ccc(Br)cc2Cl)c1. The Balaban J connectivity index is 2.08. The summed E-state index contributed by atoms with van der Waals surface area (Å²) in [4.78, 5) is 12.0. The Kier molecular flexibility index (Phi) is 4.68. The van der Waals surface area contributed by atoms with Crippen LogP contribution in [-0.2, 0) is 11.3 Å². The van der Waals surface area contributed by atoms with Crippen molar-refractivity contribution in [2.75, 3.05) is 5.73 Å². The molecule has 2 aromatic carbocycles. The smallest absolute Gasteiger partial charge is 0.338 e. The lowest BCUT2D eigenvalue weighted by Gasteiger charge is -2.08. The molecule has 0 aliphatic heterocycles. The average molecular weight is 355 g/mol. The molecule has 0 bridgehead atoms. The van der Waals surface area contributed by atoms with Crippen molar-refractivity contribution in [1.29, 1.82) is 0 Å². The van der Waals surface area contributed by atoms with Gasteiger partial charge in [0.2, 0.25) is 0 Å². The Labute approximate surface area is 130 Å². The van der Waals surface area contributed by atoms with E-state index in [0.29, 0.717) is 16.3 Å². The highest BCUT2D eigenvalue weighted by molar-refractivity contribution is 9.10. The number of aryl methyl sites for hydroxylation is 1. The van der Waals surface area contributed by atoms with Crippen LogP contribution in [0.25, 0.3) is 0 Å². The van der Waals surface area contributed by atoms with Crippen molar-refractivity contribution in [1.82, 2.24) is 0 Å². The number of esters is 1. The molecule has 0 atom stereocenters. The van der Waals surface area contributed by atoms with Crippen molar-refractivity contribution in [2.24, 2.45) is 0 Å². The standard InChI is InChI=1S/C15H13BrClNO2/c1-9-4-11(6-13(18)5-9)15(19)20-8-10-2-3-12(16)7-14(10)17/h2-7H,8,18H2,1H3. The molecular weight excluding hydrogens is 342 g/mol. The van der Waals surface area contributed by atoms with Gasteiger partial charge in [0.15, 0.2) is 0 Å². The Bertz CT molecular complexity index is 638. The van der Waals surface area contributed by atoms with Gasteiger partial charge in [0.25, 0.3) is 0 Å². The molecule has 3 nitrogen and oxygen atoms in total. The van der Waals surface area contributed by atoms with Gasteiger partial charge in [-0.3, -0.25) is 0 Å². The molecule has 104 valence electrons. The van der Waals surface area contributed by atoms with Gasteiger partial charge < -0.3 is 10.5 Å². The van der Waals surface area contributed by atoms with Gasteiger partial charge >= 0.3 is 5.97 Å². The summed E-state index contributed by atoms with van der Waals surface area (Å²) in [6, 6.07) is 10.5. The van der Waals surface area contributed by atoms with Gasteiger partial charge in [0, 0.05) is 20.7 Å². The molecule has 2 N–H and O–H groups in total. The van der Waals surface area contributed by atoms with Crippen LogP contribution in [0.4, 0.5) is 5.69 Å². The summed E-state index contributed by atoms with van der Waals surface area (Å²) < 4.78 is 6.13. The number of ether oxygens (including phenoxy) is 1. The summed E-state index contributed by atoms with van der Waals surface area (Å²) in [7, 11) is 0. The van der Waals surface area contributed by atoms with Crippen LogP contribution in [0.1, 0.15) is 21.5 Å². The molecule has 0 unspecified atom stereocenters. The van der Waals surface area contributed by atoms with Crippen molar-refractivity contribution < 1.29 is 9.53 Å².